The van der Waals surface area contributed by atoms with Crippen LogP contribution in [-0.4, -0.2) is 34.2 Å². The third-order valence-electron chi connectivity index (χ3n) is 4.58. The van der Waals surface area contributed by atoms with Gasteiger partial charge >= 0.3 is 0 Å². The highest BCUT2D eigenvalue weighted by atomic mass is 32.2. The molecule has 27 heavy (non-hydrogen) atoms. The molecule has 2 aromatic carbocycles. The van der Waals surface area contributed by atoms with Gasteiger partial charge in [-0.25, -0.2) is 16.8 Å². The summed E-state index contributed by atoms with van der Waals surface area (Å²) < 4.78 is 54.1. The summed E-state index contributed by atoms with van der Waals surface area (Å²) in [7, 11) is -7.12. The van der Waals surface area contributed by atoms with Crippen LogP contribution in [0.25, 0.3) is 0 Å². The van der Waals surface area contributed by atoms with Crippen LogP contribution >= 0.6 is 0 Å². The average Bonchev–Trinajstić information content (AvgIpc) is 2.62. The molecule has 2 aromatic rings. The molecule has 0 unspecified atom stereocenters. The van der Waals surface area contributed by atoms with E-state index in [1.165, 1.54) is 28.6 Å². The summed E-state index contributed by atoms with van der Waals surface area (Å²) in [4.78, 5) is 0.183. The lowest BCUT2D eigenvalue weighted by molar-refractivity contribution is 0.281. The summed E-state index contributed by atoms with van der Waals surface area (Å²) in [6.07, 6.45) is 1.89. The van der Waals surface area contributed by atoms with Crippen molar-refractivity contribution in [2.75, 3.05) is 17.8 Å². The minimum atomic E-state index is -3.57. The number of nitrogens with one attached hydrogen (secondary N) is 1. The van der Waals surface area contributed by atoms with Gasteiger partial charge in [0.2, 0.25) is 20.0 Å². The Balaban J connectivity index is 1.71. The van der Waals surface area contributed by atoms with Gasteiger partial charge in [0.25, 0.3) is 0 Å². The van der Waals surface area contributed by atoms with Gasteiger partial charge in [-0.15, -0.1) is 0 Å². The standard InChI is InChI=1S/C19H24N2O4S2/c1-16-6-5-13-21(14-16)27(24,25)19-11-9-18(10-12-19)20-26(22,23)15-17-7-3-2-4-8-17/h2-4,7-12,16,20H,5-6,13-15H2,1H3/t16-/m1/s1. The molecule has 1 saturated heterocycles. The molecule has 0 aliphatic carbocycles. The Morgan fingerprint density at radius 3 is 2.30 bits per heavy atom. The molecule has 1 atom stereocenters. The summed E-state index contributed by atoms with van der Waals surface area (Å²) >= 11 is 0. The average molecular weight is 409 g/mol. The van der Waals surface area contributed by atoms with Crippen molar-refractivity contribution in [3.05, 3.63) is 60.2 Å². The zero-order chi connectivity index (χ0) is 19.5. The van der Waals surface area contributed by atoms with Crippen molar-refractivity contribution >= 4 is 25.7 Å². The molecule has 146 valence electrons. The molecule has 0 bridgehead atoms. The van der Waals surface area contributed by atoms with Crippen LogP contribution < -0.4 is 4.72 Å². The lowest BCUT2D eigenvalue weighted by atomic mass is 10.0. The van der Waals surface area contributed by atoms with E-state index in [1.54, 1.807) is 24.3 Å². The van der Waals surface area contributed by atoms with E-state index < -0.39 is 20.0 Å². The third-order valence-corrected chi connectivity index (χ3v) is 7.72. The van der Waals surface area contributed by atoms with Crippen molar-refractivity contribution in [3.63, 3.8) is 0 Å². The van der Waals surface area contributed by atoms with E-state index in [4.69, 9.17) is 0 Å². The number of nitrogens with zero attached hydrogens (tertiary/aromatic N) is 1. The lowest BCUT2D eigenvalue weighted by Gasteiger charge is -2.30. The first-order chi connectivity index (χ1) is 12.8. The molecule has 0 amide bonds. The van der Waals surface area contributed by atoms with E-state index in [0.29, 0.717) is 30.3 Å². The number of sulfonamides is 2. The molecule has 8 heteroatoms. The number of anilines is 1. The number of hydrogen-bond donors (Lipinski definition) is 1. The molecule has 0 aromatic heterocycles. The molecule has 0 spiro atoms. The second-order valence-corrected chi connectivity index (χ2v) is 10.6. The van der Waals surface area contributed by atoms with E-state index in [9.17, 15) is 16.8 Å². The van der Waals surface area contributed by atoms with Gasteiger partial charge in [0.1, 0.15) is 0 Å². The van der Waals surface area contributed by atoms with Crippen molar-refractivity contribution < 1.29 is 16.8 Å². The van der Waals surface area contributed by atoms with Crippen molar-refractivity contribution in [2.45, 2.75) is 30.4 Å². The lowest BCUT2D eigenvalue weighted by Crippen LogP contribution is -2.39. The second-order valence-electron chi connectivity index (χ2n) is 6.98. The van der Waals surface area contributed by atoms with Crippen LogP contribution in [0.3, 0.4) is 0 Å². The predicted octanol–water partition coefficient (Wildman–Crippen LogP) is 3.05. The van der Waals surface area contributed by atoms with Gasteiger partial charge in [-0.1, -0.05) is 37.3 Å². The summed E-state index contributed by atoms with van der Waals surface area (Å²) in [5.41, 5.74) is 1.03. The summed E-state index contributed by atoms with van der Waals surface area (Å²) in [6.45, 7) is 3.10. The smallest absolute Gasteiger partial charge is 0.243 e. The third kappa shape index (κ3) is 5.09. The maximum Gasteiger partial charge on any atom is 0.243 e. The fourth-order valence-electron chi connectivity index (χ4n) is 3.22. The van der Waals surface area contributed by atoms with E-state index in [-0.39, 0.29) is 10.6 Å². The van der Waals surface area contributed by atoms with Crippen LogP contribution in [0, 0.1) is 5.92 Å². The van der Waals surface area contributed by atoms with Crippen LogP contribution in [0.2, 0.25) is 0 Å². The molecule has 1 aliphatic rings. The first kappa shape index (κ1) is 19.9. The number of piperidine rings is 1. The van der Waals surface area contributed by atoms with Gasteiger partial charge in [0.05, 0.1) is 10.6 Å². The molecule has 0 radical (unpaired) electrons. The van der Waals surface area contributed by atoms with Crippen LogP contribution in [0.4, 0.5) is 5.69 Å². The van der Waals surface area contributed by atoms with Gasteiger partial charge in [-0.2, -0.15) is 4.31 Å². The topological polar surface area (TPSA) is 83.6 Å². The highest BCUT2D eigenvalue weighted by Gasteiger charge is 2.28. The molecular weight excluding hydrogens is 384 g/mol. The van der Waals surface area contributed by atoms with Crippen molar-refractivity contribution in [2.24, 2.45) is 5.92 Å². The van der Waals surface area contributed by atoms with Gasteiger partial charge in [0, 0.05) is 18.8 Å². The van der Waals surface area contributed by atoms with Gasteiger partial charge in [0.15, 0.2) is 0 Å². The van der Waals surface area contributed by atoms with Crippen molar-refractivity contribution in [1.82, 2.24) is 4.31 Å². The maximum atomic E-state index is 12.8. The highest BCUT2D eigenvalue weighted by molar-refractivity contribution is 7.92. The quantitative estimate of drug-likeness (QED) is 0.796. The maximum absolute atomic E-state index is 12.8. The minimum Gasteiger partial charge on any atom is -0.283 e. The predicted molar refractivity (Wildman–Crippen MR) is 106 cm³/mol. The molecular formula is C19H24N2O4S2. The first-order valence-electron chi connectivity index (χ1n) is 8.91. The zero-order valence-corrected chi connectivity index (χ0v) is 16.8. The SMILES string of the molecule is C[C@@H]1CCCN(S(=O)(=O)c2ccc(NS(=O)(=O)Cc3ccccc3)cc2)C1. The fraction of sp³-hybridized carbons (Fsp3) is 0.368. The Morgan fingerprint density at radius 2 is 1.67 bits per heavy atom. The summed E-state index contributed by atoms with van der Waals surface area (Å²) in [5.74, 6) is 0.206. The van der Waals surface area contributed by atoms with Crippen LogP contribution in [0.5, 0.6) is 0 Å². The Morgan fingerprint density at radius 1 is 1.00 bits per heavy atom. The van der Waals surface area contributed by atoms with E-state index in [2.05, 4.69) is 4.72 Å². The largest absolute Gasteiger partial charge is 0.283 e. The molecule has 0 saturated carbocycles. The van der Waals surface area contributed by atoms with E-state index in [0.717, 1.165) is 12.8 Å². The van der Waals surface area contributed by atoms with E-state index in [1.807, 2.05) is 13.0 Å². The monoisotopic (exact) mass is 408 g/mol. The molecule has 1 N–H and O–H groups in total. The molecule has 1 aliphatic heterocycles. The molecule has 1 fully saturated rings. The highest BCUT2D eigenvalue weighted by Crippen LogP contribution is 2.24. The Bertz CT molecular complexity index is 972. The molecule has 6 nitrogen and oxygen atoms in total. The van der Waals surface area contributed by atoms with Gasteiger partial charge < -0.3 is 0 Å². The van der Waals surface area contributed by atoms with Gasteiger partial charge in [-0.05, 0) is 48.6 Å². The Labute approximate surface area is 161 Å². The normalized spacial score (nSPS) is 18.9. The van der Waals surface area contributed by atoms with Crippen LogP contribution in [0.15, 0.2) is 59.5 Å². The van der Waals surface area contributed by atoms with Crippen molar-refractivity contribution in [1.29, 1.82) is 0 Å². The summed E-state index contributed by atoms with van der Waals surface area (Å²) in [5, 5.41) is 0. The molecule has 1 heterocycles. The number of benzene rings is 2. The minimum absolute atomic E-state index is 0.139. The molecule has 3 rings (SSSR count). The van der Waals surface area contributed by atoms with Crippen LogP contribution in [0.1, 0.15) is 25.3 Å². The first-order valence-corrected chi connectivity index (χ1v) is 12.0. The number of hydrogen-bond acceptors (Lipinski definition) is 4. The summed E-state index contributed by atoms with van der Waals surface area (Å²) in [6, 6.07) is 14.8. The second kappa shape index (κ2) is 8.00. The van der Waals surface area contributed by atoms with Gasteiger partial charge in [-0.3, -0.25) is 4.72 Å². The van der Waals surface area contributed by atoms with Crippen LogP contribution in [-0.2, 0) is 25.8 Å². The Kier molecular flexibility index (Phi) is 5.88. The Hall–Kier alpha value is -1.90. The van der Waals surface area contributed by atoms with E-state index >= 15 is 0 Å². The number of rotatable bonds is 6. The van der Waals surface area contributed by atoms with Crippen molar-refractivity contribution in [3.8, 4) is 0 Å². The zero-order valence-electron chi connectivity index (χ0n) is 15.2. The fourth-order valence-corrected chi connectivity index (χ4v) is 6.01.